The Bertz CT molecular complexity index is 654. The predicted molar refractivity (Wildman–Crippen MR) is 88.7 cm³/mol. The van der Waals surface area contributed by atoms with Gasteiger partial charge in [-0.2, -0.15) is 0 Å². The molecule has 1 aromatic heterocycles. The summed E-state index contributed by atoms with van der Waals surface area (Å²) in [6.45, 7) is 1.76. The highest BCUT2D eigenvalue weighted by Crippen LogP contribution is 2.56. The number of thiophene rings is 1. The molecule has 22 heavy (non-hydrogen) atoms. The number of benzene rings is 1. The Labute approximate surface area is 133 Å². The highest BCUT2D eigenvalue weighted by atomic mass is 32.1. The van der Waals surface area contributed by atoms with Gasteiger partial charge in [-0.25, -0.2) is 0 Å². The molecule has 2 N–H and O–H groups in total. The van der Waals surface area contributed by atoms with E-state index in [0.717, 1.165) is 4.88 Å². The predicted octanol–water partition coefficient (Wildman–Crippen LogP) is 4.17. The normalized spacial score (nSPS) is 16.6. The summed E-state index contributed by atoms with van der Waals surface area (Å²) in [5.74, 6) is -2.03. The molecule has 0 aliphatic carbocycles. The first kappa shape index (κ1) is 16.9. The Morgan fingerprint density at radius 3 is 2.41 bits per heavy atom. The van der Waals surface area contributed by atoms with Gasteiger partial charge in [-0.05, 0) is 23.4 Å². The first-order chi connectivity index (χ1) is 10.5. The van der Waals surface area contributed by atoms with Gasteiger partial charge in [-0.15, -0.1) is 11.3 Å². The Balaban J connectivity index is 2.34. The van der Waals surface area contributed by atoms with Gasteiger partial charge in [0.15, 0.2) is 0 Å². The van der Waals surface area contributed by atoms with E-state index in [2.05, 4.69) is 0 Å². The molecule has 2 rings (SSSR count). The lowest BCUT2D eigenvalue weighted by molar-refractivity contribution is -0.138. The van der Waals surface area contributed by atoms with Gasteiger partial charge in [0, 0.05) is 4.88 Å². The van der Waals surface area contributed by atoms with Crippen LogP contribution in [0, 0.1) is 0 Å². The van der Waals surface area contributed by atoms with Crippen molar-refractivity contribution in [2.75, 3.05) is 0 Å². The van der Waals surface area contributed by atoms with Crippen LogP contribution in [-0.4, -0.2) is 21.6 Å². The average molecular weight is 338 g/mol. The molecule has 0 radical (unpaired) electrons. The second-order valence-electron chi connectivity index (χ2n) is 5.20. The second-order valence-corrected chi connectivity index (χ2v) is 8.72. The zero-order chi connectivity index (χ0) is 16.2. The summed E-state index contributed by atoms with van der Waals surface area (Å²) in [6.07, 6.45) is 0.366. The molecule has 6 heteroatoms. The number of carboxylic acids is 1. The number of carbonyl (C=O) groups is 1. The van der Waals surface area contributed by atoms with Crippen LogP contribution in [0.3, 0.4) is 0 Å². The summed E-state index contributed by atoms with van der Waals surface area (Å²) < 4.78 is 12.8. The third-order valence-corrected chi connectivity index (χ3v) is 7.29. The van der Waals surface area contributed by atoms with E-state index in [-0.39, 0.29) is 6.16 Å². The Kier molecular flexibility index (Phi) is 5.57. The molecule has 0 aliphatic heterocycles. The van der Waals surface area contributed by atoms with Gasteiger partial charge in [-0.1, -0.05) is 43.3 Å². The zero-order valence-electron chi connectivity index (χ0n) is 12.3. The maximum atomic E-state index is 12.8. The van der Waals surface area contributed by atoms with Crippen molar-refractivity contribution in [2.24, 2.45) is 0 Å². The lowest BCUT2D eigenvalue weighted by Gasteiger charge is -2.27. The third kappa shape index (κ3) is 3.86. The molecule has 1 heterocycles. The molecule has 0 spiro atoms. The van der Waals surface area contributed by atoms with Crippen molar-refractivity contribution < 1.29 is 19.4 Å². The van der Waals surface area contributed by atoms with Gasteiger partial charge in [-0.3, -0.25) is 9.36 Å². The highest BCUT2D eigenvalue weighted by Gasteiger charge is 2.40. The fourth-order valence-electron chi connectivity index (χ4n) is 2.69. The van der Waals surface area contributed by atoms with Crippen molar-refractivity contribution in [1.82, 2.24) is 0 Å². The van der Waals surface area contributed by atoms with Crippen LogP contribution in [0.2, 0.25) is 0 Å². The summed E-state index contributed by atoms with van der Waals surface area (Å²) in [7, 11) is -3.64. The van der Waals surface area contributed by atoms with Crippen molar-refractivity contribution in [3.8, 4) is 0 Å². The molecular formula is C16H19O4PS. The lowest BCUT2D eigenvalue weighted by Crippen LogP contribution is -2.26. The number of hydrogen-bond donors (Lipinski definition) is 2. The fraction of sp³-hybridized carbons (Fsp3) is 0.312. The van der Waals surface area contributed by atoms with Gasteiger partial charge in [0.25, 0.3) is 0 Å². The summed E-state index contributed by atoms with van der Waals surface area (Å²) in [4.78, 5) is 23.1. The lowest BCUT2D eigenvalue weighted by atomic mass is 9.94. The number of rotatable bonds is 7. The van der Waals surface area contributed by atoms with Gasteiger partial charge in [0.05, 0.1) is 17.7 Å². The fourth-order valence-corrected chi connectivity index (χ4v) is 6.15. The molecule has 3 atom stereocenters. The minimum absolute atomic E-state index is 0.0276. The summed E-state index contributed by atoms with van der Waals surface area (Å²) in [5.41, 5.74) is -0.225. The van der Waals surface area contributed by atoms with Crippen LogP contribution in [0.4, 0.5) is 0 Å². The van der Waals surface area contributed by atoms with E-state index in [4.69, 9.17) is 0 Å². The van der Waals surface area contributed by atoms with Crippen molar-refractivity contribution in [3.05, 3.63) is 58.3 Å². The maximum Gasteiger partial charge on any atom is 0.311 e. The van der Waals surface area contributed by atoms with Crippen LogP contribution in [-0.2, 0) is 15.5 Å². The van der Waals surface area contributed by atoms with Gasteiger partial charge in [0.1, 0.15) is 0 Å². The van der Waals surface area contributed by atoms with Crippen LogP contribution >= 0.6 is 18.7 Å². The molecule has 4 nitrogen and oxygen atoms in total. The summed E-state index contributed by atoms with van der Waals surface area (Å²) in [6, 6.07) is 12.3. The van der Waals surface area contributed by atoms with E-state index in [0.29, 0.717) is 12.0 Å². The van der Waals surface area contributed by atoms with E-state index < -0.39 is 24.9 Å². The molecular weight excluding hydrogens is 319 g/mol. The molecule has 3 unspecified atom stereocenters. The molecule has 0 fully saturated rings. The number of hydrogen-bond acceptors (Lipinski definition) is 3. The standard InChI is InChI=1S/C16H19O4PS/c1-2-14(21(19,20)11-13-9-6-10-22-13)15(16(17)18)12-7-4-3-5-8-12/h3-10,14-15H,2,11H2,1H3,(H,17,18)(H,19,20). The Hall–Kier alpha value is -1.42. The van der Waals surface area contributed by atoms with E-state index in [1.807, 2.05) is 11.4 Å². The quantitative estimate of drug-likeness (QED) is 0.743. The SMILES string of the molecule is CCC(C(C(=O)O)c1ccccc1)P(=O)(O)Cc1cccs1. The Morgan fingerprint density at radius 2 is 1.91 bits per heavy atom. The largest absolute Gasteiger partial charge is 0.481 e. The van der Waals surface area contributed by atoms with Gasteiger partial charge in [0.2, 0.25) is 7.37 Å². The first-order valence-corrected chi connectivity index (χ1v) is 9.86. The van der Waals surface area contributed by atoms with Crippen LogP contribution < -0.4 is 0 Å². The van der Waals surface area contributed by atoms with Crippen molar-refractivity contribution in [2.45, 2.75) is 31.1 Å². The van der Waals surface area contributed by atoms with Gasteiger partial charge < -0.3 is 10.00 Å². The smallest absolute Gasteiger partial charge is 0.311 e. The minimum Gasteiger partial charge on any atom is -0.481 e. The molecule has 0 saturated carbocycles. The van der Waals surface area contributed by atoms with Crippen LogP contribution in [0.15, 0.2) is 47.8 Å². The molecule has 1 aromatic carbocycles. The maximum absolute atomic E-state index is 12.8. The third-order valence-electron chi connectivity index (χ3n) is 3.71. The summed E-state index contributed by atoms with van der Waals surface area (Å²) >= 11 is 1.41. The highest BCUT2D eigenvalue weighted by molar-refractivity contribution is 7.58. The number of carboxylic acid groups (broad SMARTS) is 1. The molecule has 118 valence electrons. The van der Waals surface area contributed by atoms with Crippen molar-refractivity contribution >= 4 is 24.7 Å². The first-order valence-electron chi connectivity index (χ1n) is 7.07. The Morgan fingerprint density at radius 1 is 1.23 bits per heavy atom. The minimum atomic E-state index is -3.64. The average Bonchev–Trinajstić information content (AvgIpc) is 2.96. The van der Waals surface area contributed by atoms with Crippen LogP contribution in [0.25, 0.3) is 0 Å². The van der Waals surface area contributed by atoms with Gasteiger partial charge >= 0.3 is 5.97 Å². The topological polar surface area (TPSA) is 74.6 Å². The molecule has 2 aromatic rings. The van der Waals surface area contributed by atoms with Crippen LogP contribution in [0.1, 0.15) is 29.7 Å². The van der Waals surface area contributed by atoms with Crippen molar-refractivity contribution in [1.29, 1.82) is 0 Å². The molecule has 0 amide bonds. The molecule has 0 saturated heterocycles. The molecule has 0 aliphatic rings. The second kappa shape index (κ2) is 7.23. The van der Waals surface area contributed by atoms with E-state index in [9.17, 15) is 19.4 Å². The monoisotopic (exact) mass is 338 g/mol. The number of aliphatic carboxylic acids is 1. The zero-order valence-corrected chi connectivity index (χ0v) is 14.0. The summed E-state index contributed by atoms with van der Waals surface area (Å²) in [5, 5.41) is 11.4. The van der Waals surface area contributed by atoms with E-state index in [1.165, 1.54) is 11.3 Å². The van der Waals surface area contributed by atoms with E-state index in [1.54, 1.807) is 43.3 Å². The molecule has 0 bridgehead atoms. The van der Waals surface area contributed by atoms with Crippen LogP contribution in [0.5, 0.6) is 0 Å². The van der Waals surface area contributed by atoms with Crippen molar-refractivity contribution in [3.63, 3.8) is 0 Å². The van der Waals surface area contributed by atoms with E-state index >= 15 is 0 Å².